The number of furan rings is 1. The van der Waals surface area contributed by atoms with Gasteiger partial charge in [-0.15, -0.1) is 0 Å². The molecule has 0 unspecified atom stereocenters. The number of carbonyl (C=O) groups excluding carboxylic acids is 1. The number of ether oxygens (including phenoxy) is 1. The zero-order valence-corrected chi connectivity index (χ0v) is 12.6. The van der Waals surface area contributed by atoms with Crippen molar-refractivity contribution < 1.29 is 13.9 Å². The van der Waals surface area contributed by atoms with Gasteiger partial charge in [-0.3, -0.25) is 4.79 Å². The van der Waals surface area contributed by atoms with Crippen molar-refractivity contribution in [3.63, 3.8) is 0 Å². The Balaban J connectivity index is 1.48. The molecule has 3 aromatic rings. The molecule has 0 bridgehead atoms. The lowest BCUT2D eigenvalue weighted by Crippen LogP contribution is -2.25. The Morgan fingerprint density at radius 1 is 1.35 bits per heavy atom. The van der Waals surface area contributed by atoms with Crippen molar-refractivity contribution in [3.8, 4) is 0 Å². The largest absolute Gasteiger partial charge is 0.469 e. The molecule has 3 heterocycles. The van der Waals surface area contributed by atoms with Crippen LogP contribution in [0, 0.1) is 0 Å². The summed E-state index contributed by atoms with van der Waals surface area (Å²) in [5.74, 6) is 1.69. The second-order valence-corrected chi connectivity index (χ2v) is 5.52. The number of imidazole rings is 1. The van der Waals surface area contributed by atoms with Crippen LogP contribution in [0.1, 0.15) is 21.9 Å². The molecule has 118 valence electrons. The van der Waals surface area contributed by atoms with Gasteiger partial charge in [0, 0.05) is 25.1 Å². The molecule has 1 aliphatic rings. The van der Waals surface area contributed by atoms with Gasteiger partial charge in [-0.1, -0.05) is 0 Å². The van der Waals surface area contributed by atoms with Crippen LogP contribution in [0.3, 0.4) is 0 Å². The average molecular weight is 311 g/mol. The molecular formula is C17H17N3O3. The molecule has 23 heavy (non-hydrogen) atoms. The summed E-state index contributed by atoms with van der Waals surface area (Å²) in [6.07, 6.45) is 2.31. The van der Waals surface area contributed by atoms with E-state index < -0.39 is 0 Å². The summed E-state index contributed by atoms with van der Waals surface area (Å²) in [6, 6.07) is 9.38. The van der Waals surface area contributed by atoms with Gasteiger partial charge in [-0.25, -0.2) is 4.98 Å². The van der Waals surface area contributed by atoms with E-state index in [2.05, 4.69) is 14.9 Å². The van der Waals surface area contributed by atoms with E-state index in [1.165, 1.54) is 0 Å². The maximum Gasteiger partial charge on any atom is 0.251 e. The van der Waals surface area contributed by atoms with Gasteiger partial charge in [0.15, 0.2) is 0 Å². The fraction of sp³-hybridized carbons (Fsp3) is 0.294. The normalized spacial score (nSPS) is 13.9. The summed E-state index contributed by atoms with van der Waals surface area (Å²) in [4.78, 5) is 16.8. The zero-order chi connectivity index (χ0) is 15.6. The molecule has 4 rings (SSSR count). The van der Waals surface area contributed by atoms with Crippen LogP contribution in [0.25, 0.3) is 11.0 Å². The second kappa shape index (κ2) is 5.89. The summed E-state index contributed by atoms with van der Waals surface area (Å²) in [6.45, 7) is 2.57. The lowest BCUT2D eigenvalue weighted by atomic mass is 10.2. The molecule has 1 aliphatic heterocycles. The number of benzene rings is 1. The van der Waals surface area contributed by atoms with Crippen LogP contribution < -0.4 is 5.32 Å². The Hall–Kier alpha value is -2.60. The summed E-state index contributed by atoms with van der Waals surface area (Å²) >= 11 is 0. The minimum Gasteiger partial charge on any atom is -0.469 e. The molecule has 0 saturated carbocycles. The van der Waals surface area contributed by atoms with Gasteiger partial charge in [0.1, 0.15) is 18.2 Å². The maximum absolute atomic E-state index is 12.3. The predicted octanol–water partition coefficient (Wildman–Crippen LogP) is 2.13. The minimum atomic E-state index is -0.0966. The van der Waals surface area contributed by atoms with Crippen molar-refractivity contribution in [2.45, 2.75) is 19.6 Å². The number of amides is 1. The van der Waals surface area contributed by atoms with Crippen molar-refractivity contribution >= 4 is 16.9 Å². The number of nitrogens with zero attached hydrogens (tertiary/aromatic N) is 2. The highest BCUT2D eigenvalue weighted by Gasteiger charge is 2.16. The van der Waals surface area contributed by atoms with Gasteiger partial charge in [0.2, 0.25) is 0 Å². The smallest absolute Gasteiger partial charge is 0.251 e. The van der Waals surface area contributed by atoms with Gasteiger partial charge in [0.25, 0.3) is 5.91 Å². The van der Waals surface area contributed by atoms with Gasteiger partial charge in [-0.05, 0) is 30.3 Å². The molecular weight excluding hydrogens is 294 g/mol. The van der Waals surface area contributed by atoms with Crippen molar-refractivity contribution in [1.29, 1.82) is 0 Å². The van der Waals surface area contributed by atoms with Gasteiger partial charge in [0.05, 0.1) is 23.9 Å². The quantitative estimate of drug-likeness (QED) is 0.801. The third-order valence-corrected chi connectivity index (χ3v) is 4.02. The molecule has 0 spiro atoms. The van der Waals surface area contributed by atoms with Crippen LogP contribution >= 0.6 is 0 Å². The first kappa shape index (κ1) is 14.0. The summed E-state index contributed by atoms with van der Waals surface area (Å²) < 4.78 is 12.8. The second-order valence-electron chi connectivity index (χ2n) is 5.52. The summed E-state index contributed by atoms with van der Waals surface area (Å²) in [5.41, 5.74) is 2.51. The SMILES string of the molecule is O=C(NCCc1ccco1)c1ccc2c(c1)nc1n2CCOC1. The molecule has 0 aliphatic carbocycles. The first-order valence-corrected chi connectivity index (χ1v) is 7.69. The fourth-order valence-corrected chi connectivity index (χ4v) is 2.86. The Morgan fingerprint density at radius 2 is 2.30 bits per heavy atom. The van der Waals surface area contributed by atoms with Crippen LogP contribution in [0.15, 0.2) is 41.0 Å². The van der Waals surface area contributed by atoms with Crippen molar-refractivity contribution in [2.24, 2.45) is 0 Å². The number of aromatic nitrogens is 2. The van der Waals surface area contributed by atoms with Crippen LogP contribution in [0.5, 0.6) is 0 Å². The Morgan fingerprint density at radius 3 is 3.17 bits per heavy atom. The molecule has 1 N–H and O–H groups in total. The highest BCUT2D eigenvalue weighted by atomic mass is 16.5. The molecule has 2 aromatic heterocycles. The Labute approximate surface area is 133 Å². The summed E-state index contributed by atoms with van der Waals surface area (Å²) in [5, 5.41) is 2.91. The van der Waals surface area contributed by atoms with E-state index in [0.29, 0.717) is 31.7 Å². The first-order chi connectivity index (χ1) is 11.3. The molecule has 0 atom stereocenters. The topological polar surface area (TPSA) is 69.3 Å². The standard InChI is InChI=1S/C17H17N3O3/c21-17(18-6-5-13-2-1-8-23-13)12-3-4-15-14(10-12)19-16-11-22-9-7-20(15)16/h1-4,8,10H,5-7,9,11H2,(H,18,21). The van der Waals surface area contributed by atoms with E-state index in [4.69, 9.17) is 9.15 Å². The van der Waals surface area contributed by atoms with Crippen LogP contribution in [0.4, 0.5) is 0 Å². The van der Waals surface area contributed by atoms with E-state index in [9.17, 15) is 4.79 Å². The van der Waals surface area contributed by atoms with Gasteiger partial charge < -0.3 is 19.0 Å². The third kappa shape index (κ3) is 2.73. The average Bonchev–Trinajstić information content (AvgIpc) is 3.21. The van der Waals surface area contributed by atoms with E-state index in [1.807, 2.05) is 30.3 Å². The lowest BCUT2D eigenvalue weighted by molar-refractivity contribution is 0.0830. The van der Waals surface area contributed by atoms with Crippen LogP contribution in [-0.4, -0.2) is 28.6 Å². The lowest BCUT2D eigenvalue weighted by Gasteiger charge is -2.14. The molecule has 0 saturated heterocycles. The Kier molecular flexibility index (Phi) is 3.59. The highest BCUT2D eigenvalue weighted by molar-refractivity contribution is 5.97. The van der Waals surface area contributed by atoms with E-state index >= 15 is 0 Å². The van der Waals surface area contributed by atoms with E-state index in [1.54, 1.807) is 6.26 Å². The van der Waals surface area contributed by atoms with Crippen LogP contribution in [-0.2, 0) is 24.3 Å². The molecule has 1 amide bonds. The number of rotatable bonds is 4. The Bertz CT molecular complexity index is 836. The molecule has 1 aromatic carbocycles. The number of fused-ring (bicyclic) bond motifs is 3. The zero-order valence-electron chi connectivity index (χ0n) is 12.6. The number of nitrogens with one attached hydrogen (secondary N) is 1. The third-order valence-electron chi connectivity index (χ3n) is 4.02. The van der Waals surface area contributed by atoms with Crippen molar-refractivity contribution in [3.05, 3.63) is 53.7 Å². The maximum atomic E-state index is 12.3. The van der Waals surface area contributed by atoms with Gasteiger partial charge >= 0.3 is 0 Å². The molecule has 6 heteroatoms. The highest BCUT2D eigenvalue weighted by Crippen LogP contribution is 2.20. The first-order valence-electron chi connectivity index (χ1n) is 7.69. The monoisotopic (exact) mass is 311 g/mol. The number of carbonyl (C=O) groups is 1. The van der Waals surface area contributed by atoms with E-state index in [-0.39, 0.29) is 5.91 Å². The van der Waals surface area contributed by atoms with Crippen LogP contribution in [0.2, 0.25) is 0 Å². The molecule has 0 radical (unpaired) electrons. The predicted molar refractivity (Wildman–Crippen MR) is 84.1 cm³/mol. The van der Waals surface area contributed by atoms with Crippen molar-refractivity contribution in [2.75, 3.05) is 13.2 Å². The van der Waals surface area contributed by atoms with Crippen molar-refractivity contribution in [1.82, 2.24) is 14.9 Å². The number of hydrogen-bond donors (Lipinski definition) is 1. The molecule has 0 fully saturated rings. The number of hydrogen-bond acceptors (Lipinski definition) is 4. The molecule has 6 nitrogen and oxygen atoms in total. The van der Waals surface area contributed by atoms with E-state index in [0.717, 1.165) is 29.2 Å². The minimum absolute atomic E-state index is 0.0966. The summed E-state index contributed by atoms with van der Waals surface area (Å²) in [7, 11) is 0. The fourth-order valence-electron chi connectivity index (χ4n) is 2.86. The van der Waals surface area contributed by atoms with Gasteiger partial charge in [-0.2, -0.15) is 0 Å².